The Morgan fingerprint density at radius 2 is 1.53 bits per heavy atom. The van der Waals surface area contributed by atoms with E-state index >= 15 is 0 Å². The molecule has 0 saturated carbocycles. The van der Waals surface area contributed by atoms with Crippen molar-refractivity contribution in [2.45, 2.75) is 26.3 Å². The fourth-order valence-corrected chi connectivity index (χ4v) is 2.63. The molecule has 0 aromatic heterocycles. The molecule has 1 atom stereocenters. The van der Waals surface area contributed by atoms with Crippen molar-refractivity contribution < 1.29 is 9.59 Å². The van der Waals surface area contributed by atoms with Gasteiger partial charge >= 0.3 is 0 Å². The SMILES string of the molecule is CCC(C)N1C(=O)c2cccc3cccc(c23)C1=O. The van der Waals surface area contributed by atoms with Crippen LogP contribution in [0.25, 0.3) is 10.8 Å². The standard InChI is InChI=1S/C16H15NO2/c1-3-10(2)17-15(18)12-8-4-6-11-7-5-9-13(14(11)12)16(17)19/h4-10H,3H2,1-2H3. The number of amides is 2. The van der Waals surface area contributed by atoms with Crippen LogP contribution in [0.4, 0.5) is 0 Å². The topological polar surface area (TPSA) is 37.4 Å². The van der Waals surface area contributed by atoms with Gasteiger partial charge in [0, 0.05) is 22.6 Å². The molecule has 1 aliphatic rings. The molecule has 0 saturated heterocycles. The van der Waals surface area contributed by atoms with E-state index in [0.29, 0.717) is 11.1 Å². The van der Waals surface area contributed by atoms with Crippen molar-refractivity contribution in [3.8, 4) is 0 Å². The molecule has 1 aliphatic heterocycles. The summed E-state index contributed by atoms with van der Waals surface area (Å²) in [5, 5.41) is 1.74. The molecule has 0 spiro atoms. The zero-order chi connectivity index (χ0) is 13.6. The number of carbonyl (C=O) groups is 2. The van der Waals surface area contributed by atoms with Crippen LogP contribution >= 0.6 is 0 Å². The quantitative estimate of drug-likeness (QED) is 0.770. The predicted molar refractivity (Wildman–Crippen MR) is 74.2 cm³/mol. The van der Waals surface area contributed by atoms with Crippen LogP contribution in [0.5, 0.6) is 0 Å². The van der Waals surface area contributed by atoms with Crippen molar-refractivity contribution in [2.24, 2.45) is 0 Å². The van der Waals surface area contributed by atoms with Crippen LogP contribution in [0.1, 0.15) is 41.0 Å². The maximum atomic E-state index is 12.5. The highest BCUT2D eigenvalue weighted by atomic mass is 16.2. The fourth-order valence-electron chi connectivity index (χ4n) is 2.63. The summed E-state index contributed by atoms with van der Waals surface area (Å²) in [6.45, 7) is 3.89. The molecule has 0 fully saturated rings. The molecular formula is C16H15NO2. The number of carbonyl (C=O) groups excluding carboxylic acids is 2. The Bertz CT molecular complexity index is 639. The van der Waals surface area contributed by atoms with Gasteiger partial charge < -0.3 is 0 Å². The van der Waals surface area contributed by atoms with Crippen LogP contribution in [0, 0.1) is 0 Å². The lowest BCUT2D eigenvalue weighted by Gasteiger charge is -2.31. The summed E-state index contributed by atoms with van der Waals surface area (Å²) in [4.78, 5) is 26.4. The Labute approximate surface area is 111 Å². The zero-order valence-corrected chi connectivity index (χ0v) is 11.0. The Morgan fingerprint density at radius 3 is 2.00 bits per heavy atom. The average Bonchev–Trinajstić information content (AvgIpc) is 2.44. The summed E-state index contributed by atoms with van der Waals surface area (Å²) in [6, 6.07) is 11.1. The molecule has 2 amide bonds. The van der Waals surface area contributed by atoms with E-state index < -0.39 is 0 Å². The van der Waals surface area contributed by atoms with Gasteiger partial charge in [-0.05, 0) is 30.9 Å². The maximum Gasteiger partial charge on any atom is 0.261 e. The third kappa shape index (κ3) is 1.58. The summed E-state index contributed by atoms with van der Waals surface area (Å²) in [5.74, 6) is -0.354. The van der Waals surface area contributed by atoms with Gasteiger partial charge in [0.2, 0.25) is 0 Å². The minimum Gasteiger partial charge on any atom is -0.272 e. The molecule has 3 rings (SSSR count). The number of hydrogen-bond acceptors (Lipinski definition) is 2. The summed E-state index contributed by atoms with van der Waals surface area (Å²) in [5.41, 5.74) is 1.26. The molecule has 96 valence electrons. The number of benzene rings is 2. The summed E-state index contributed by atoms with van der Waals surface area (Å²) >= 11 is 0. The van der Waals surface area contributed by atoms with Crippen molar-refractivity contribution in [3.63, 3.8) is 0 Å². The third-order valence-electron chi connectivity index (χ3n) is 3.83. The molecule has 3 nitrogen and oxygen atoms in total. The molecule has 0 aliphatic carbocycles. The Morgan fingerprint density at radius 1 is 1.00 bits per heavy atom. The highest BCUT2D eigenvalue weighted by Crippen LogP contribution is 2.31. The van der Waals surface area contributed by atoms with Gasteiger partial charge in [0.15, 0.2) is 0 Å². The second-order valence-electron chi connectivity index (χ2n) is 4.95. The molecule has 19 heavy (non-hydrogen) atoms. The van der Waals surface area contributed by atoms with Crippen LogP contribution in [-0.4, -0.2) is 22.8 Å². The van der Waals surface area contributed by atoms with Gasteiger partial charge in [0.05, 0.1) is 0 Å². The molecular weight excluding hydrogens is 238 g/mol. The monoisotopic (exact) mass is 253 g/mol. The van der Waals surface area contributed by atoms with Crippen LogP contribution in [0.2, 0.25) is 0 Å². The predicted octanol–water partition coefficient (Wildman–Crippen LogP) is 3.23. The van der Waals surface area contributed by atoms with E-state index in [9.17, 15) is 9.59 Å². The Hall–Kier alpha value is -2.16. The molecule has 0 radical (unpaired) electrons. The highest BCUT2D eigenvalue weighted by molar-refractivity contribution is 6.25. The van der Waals surface area contributed by atoms with E-state index in [0.717, 1.165) is 17.2 Å². The number of hydrogen-bond donors (Lipinski definition) is 0. The van der Waals surface area contributed by atoms with Crippen LogP contribution in [0.3, 0.4) is 0 Å². The van der Waals surface area contributed by atoms with Crippen molar-refractivity contribution in [1.82, 2.24) is 4.90 Å². The first kappa shape index (κ1) is 11.9. The van der Waals surface area contributed by atoms with Crippen LogP contribution in [-0.2, 0) is 0 Å². The van der Waals surface area contributed by atoms with Crippen LogP contribution in [0.15, 0.2) is 36.4 Å². The van der Waals surface area contributed by atoms with Gasteiger partial charge in [0.25, 0.3) is 11.8 Å². The van der Waals surface area contributed by atoms with Crippen molar-refractivity contribution in [2.75, 3.05) is 0 Å². The zero-order valence-electron chi connectivity index (χ0n) is 11.0. The highest BCUT2D eigenvalue weighted by Gasteiger charge is 2.34. The lowest BCUT2D eigenvalue weighted by molar-refractivity contribution is 0.0548. The maximum absolute atomic E-state index is 12.5. The molecule has 2 aromatic rings. The number of rotatable bonds is 2. The van der Waals surface area contributed by atoms with Gasteiger partial charge in [-0.3, -0.25) is 14.5 Å². The first-order valence-electron chi connectivity index (χ1n) is 6.54. The first-order chi connectivity index (χ1) is 9.15. The Kier molecular flexibility index (Phi) is 2.63. The first-order valence-corrected chi connectivity index (χ1v) is 6.54. The molecule has 0 N–H and O–H groups in total. The van der Waals surface area contributed by atoms with E-state index in [1.165, 1.54) is 4.90 Å². The molecule has 1 heterocycles. The number of imide groups is 1. The van der Waals surface area contributed by atoms with Gasteiger partial charge in [0.1, 0.15) is 0 Å². The Balaban J connectivity index is 2.31. The molecule has 3 heteroatoms. The minimum atomic E-state index is -0.177. The number of nitrogens with zero attached hydrogens (tertiary/aromatic N) is 1. The summed E-state index contributed by atoms with van der Waals surface area (Å²) in [7, 11) is 0. The van der Waals surface area contributed by atoms with Gasteiger partial charge in [-0.25, -0.2) is 0 Å². The average molecular weight is 253 g/mol. The van der Waals surface area contributed by atoms with Crippen LogP contribution < -0.4 is 0 Å². The van der Waals surface area contributed by atoms with E-state index in [1.54, 1.807) is 12.1 Å². The van der Waals surface area contributed by atoms with E-state index in [-0.39, 0.29) is 17.9 Å². The fraction of sp³-hybridized carbons (Fsp3) is 0.250. The van der Waals surface area contributed by atoms with Gasteiger partial charge in [-0.15, -0.1) is 0 Å². The van der Waals surface area contributed by atoms with Crippen molar-refractivity contribution >= 4 is 22.6 Å². The summed E-state index contributed by atoms with van der Waals surface area (Å²) in [6.07, 6.45) is 0.760. The second-order valence-corrected chi connectivity index (χ2v) is 4.95. The van der Waals surface area contributed by atoms with E-state index in [2.05, 4.69) is 0 Å². The third-order valence-corrected chi connectivity index (χ3v) is 3.83. The minimum absolute atomic E-state index is 0.0800. The normalized spacial score (nSPS) is 16.0. The lowest BCUT2D eigenvalue weighted by atomic mass is 9.93. The van der Waals surface area contributed by atoms with Crippen molar-refractivity contribution in [1.29, 1.82) is 0 Å². The molecule has 0 bridgehead atoms. The summed E-state index contributed by atoms with van der Waals surface area (Å²) < 4.78 is 0. The molecule has 1 unspecified atom stereocenters. The van der Waals surface area contributed by atoms with E-state index in [1.807, 2.05) is 38.1 Å². The van der Waals surface area contributed by atoms with Gasteiger partial charge in [-0.1, -0.05) is 31.2 Å². The molecule has 2 aromatic carbocycles. The van der Waals surface area contributed by atoms with Crippen molar-refractivity contribution in [3.05, 3.63) is 47.5 Å². The van der Waals surface area contributed by atoms with Gasteiger partial charge in [-0.2, -0.15) is 0 Å². The lowest BCUT2D eigenvalue weighted by Crippen LogP contribution is -2.45. The van der Waals surface area contributed by atoms with E-state index in [4.69, 9.17) is 0 Å². The second kappa shape index (κ2) is 4.19. The smallest absolute Gasteiger partial charge is 0.261 e. The largest absolute Gasteiger partial charge is 0.272 e.